The lowest BCUT2D eigenvalue weighted by Gasteiger charge is -2.18. The smallest absolute Gasteiger partial charge is 0.307 e. The van der Waals surface area contributed by atoms with E-state index in [1.807, 2.05) is 0 Å². The fourth-order valence-corrected chi connectivity index (χ4v) is 4.94. The van der Waals surface area contributed by atoms with Crippen LogP contribution in [0.15, 0.2) is 40.0 Å². The number of benzene rings is 1. The van der Waals surface area contributed by atoms with E-state index in [4.69, 9.17) is 0 Å². The molecule has 0 amide bonds. The van der Waals surface area contributed by atoms with Crippen LogP contribution in [-0.4, -0.2) is 48.7 Å². The fourth-order valence-electron chi connectivity index (χ4n) is 3.17. The van der Waals surface area contributed by atoms with Gasteiger partial charge in [0.2, 0.25) is 10.0 Å². The number of carbonyl (C=O) groups excluding carboxylic acids is 1. The van der Waals surface area contributed by atoms with Gasteiger partial charge in [0.1, 0.15) is 0 Å². The van der Waals surface area contributed by atoms with Gasteiger partial charge in [-0.3, -0.25) is 9.59 Å². The maximum Gasteiger partial charge on any atom is 0.307 e. The molecule has 150 valence electrons. The Balaban J connectivity index is 1.96. The van der Waals surface area contributed by atoms with E-state index in [2.05, 4.69) is 9.84 Å². The van der Waals surface area contributed by atoms with Crippen LogP contribution in [0, 0.1) is 6.92 Å². The SMILES string of the molecule is COC(=O)CCn1nc(-c2ccc(C)c(S(=O)(=O)N3CCCC3)c2)ccc1=O. The third kappa shape index (κ3) is 4.15. The summed E-state index contributed by atoms with van der Waals surface area (Å²) >= 11 is 0. The highest BCUT2D eigenvalue weighted by Crippen LogP contribution is 2.27. The summed E-state index contributed by atoms with van der Waals surface area (Å²) in [6.45, 7) is 2.91. The van der Waals surface area contributed by atoms with Gasteiger partial charge in [-0.25, -0.2) is 13.1 Å². The van der Waals surface area contributed by atoms with Crippen molar-refractivity contribution in [3.63, 3.8) is 0 Å². The summed E-state index contributed by atoms with van der Waals surface area (Å²) in [5.41, 5.74) is 1.37. The molecular weight excluding hydrogens is 382 g/mol. The van der Waals surface area contributed by atoms with Gasteiger partial charge in [0.15, 0.2) is 0 Å². The van der Waals surface area contributed by atoms with E-state index in [0.29, 0.717) is 29.9 Å². The molecule has 8 nitrogen and oxygen atoms in total. The summed E-state index contributed by atoms with van der Waals surface area (Å²) < 4.78 is 33.2. The molecule has 1 aliphatic heterocycles. The highest BCUT2D eigenvalue weighted by atomic mass is 32.2. The Bertz CT molecular complexity index is 1040. The third-order valence-electron chi connectivity index (χ3n) is 4.79. The highest BCUT2D eigenvalue weighted by Gasteiger charge is 2.28. The molecule has 0 aliphatic carbocycles. The summed E-state index contributed by atoms with van der Waals surface area (Å²) in [5, 5.41) is 4.29. The molecule has 0 radical (unpaired) electrons. The van der Waals surface area contributed by atoms with Crippen LogP contribution in [0.5, 0.6) is 0 Å². The molecule has 1 aromatic carbocycles. The minimum Gasteiger partial charge on any atom is -0.469 e. The van der Waals surface area contributed by atoms with Crippen molar-refractivity contribution in [2.45, 2.75) is 37.6 Å². The highest BCUT2D eigenvalue weighted by molar-refractivity contribution is 7.89. The number of nitrogens with zero attached hydrogens (tertiary/aromatic N) is 3. The number of rotatable bonds is 6. The largest absolute Gasteiger partial charge is 0.469 e. The lowest BCUT2D eigenvalue weighted by molar-refractivity contribution is -0.140. The third-order valence-corrected chi connectivity index (χ3v) is 6.83. The predicted molar refractivity (Wildman–Crippen MR) is 103 cm³/mol. The molecule has 0 N–H and O–H groups in total. The second-order valence-electron chi connectivity index (χ2n) is 6.70. The lowest BCUT2D eigenvalue weighted by atomic mass is 10.1. The molecule has 1 fully saturated rings. The Morgan fingerprint density at radius 2 is 1.89 bits per heavy atom. The first-order valence-electron chi connectivity index (χ1n) is 9.09. The zero-order valence-electron chi connectivity index (χ0n) is 15.9. The minimum absolute atomic E-state index is 0.0232. The number of carbonyl (C=O) groups is 1. The number of ether oxygens (including phenoxy) is 1. The van der Waals surface area contributed by atoms with Gasteiger partial charge < -0.3 is 4.74 Å². The molecule has 1 aliphatic rings. The Labute approximate surface area is 163 Å². The first-order chi connectivity index (χ1) is 13.3. The molecule has 1 saturated heterocycles. The molecule has 3 rings (SSSR count). The maximum absolute atomic E-state index is 13.0. The molecule has 1 aromatic heterocycles. The normalized spacial score (nSPS) is 14.9. The minimum atomic E-state index is -3.57. The van der Waals surface area contributed by atoms with Crippen molar-refractivity contribution in [3.05, 3.63) is 46.2 Å². The second kappa shape index (κ2) is 8.24. The molecule has 0 bridgehead atoms. The Morgan fingerprint density at radius 3 is 2.57 bits per heavy atom. The Morgan fingerprint density at radius 1 is 1.18 bits per heavy atom. The van der Waals surface area contributed by atoms with E-state index >= 15 is 0 Å². The molecule has 9 heteroatoms. The number of methoxy groups -OCH3 is 1. The number of hydrogen-bond acceptors (Lipinski definition) is 6. The lowest BCUT2D eigenvalue weighted by Crippen LogP contribution is -2.28. The van der Waals surface area contributed by atoms with E-state index < -0.39 is 16.0 Å². The quantitative estimate of drug-likeness (QED) is 0.677. The number of aromatic nitrogens is 2. The summed E-state index contributed by atoms with van der Waals surface area (Å²) in [5.74, 6) is -0.437. The zero-order chi connectivity index (χ0) is 20.3. The van der Waals surface area contributed by atoms with Crippen molar-refractivity contribution in [2.24, 2.45) is 0 Å². The first-order valence-corrected chi connectivity index (χ1v) is 10.5. The summed E-state index contributed by atoms with van der Waals surface area (Å²) in [7, 11) is -2.29. The summed E-state index contributed by atoms with van der Waals surface area (Å²) in [6.07, 6.45) is 1.75. The van der Waals surface area contributed by atoms with E-state index in [9.17, 15) is 18.0 Å². The van der Waals surface area contributed by atoms with Crippen LogP contribution >= 0.6 is 0 Å². The van der Waals surface area contributed by atoms with Crippen LogP contribution in [0.1, 0.15) is 24.8 Å². The van der Waals surface area contributed by atoms with E-state index in [1.165, 1.54) is 22.2 Å². The molecule has 28 heavy (non-hydrogen) atoms. The van der Waals surface area contributed by atoms with Gasteiger partial charge in [-0.15, -0.1) is 0 Å². The Kier molecular flexibility index (Phi) is 5.95. The van der Waals surface area contributed by atoms with Crippen LogP contribution in [-0.2, 0) is 26.1 Å². The monoisotopic (exact) mass is 405 g/mol. The zero-order valence-corrected chi connectivity index (χ0v) is 16.7. The van der Waals surface area contributed by atoms with E-state index in [0.717, 1.165) is 12.8 Å². The second-order valence-corrected chi connectivity index (χ2v) is 8.60. The molecule has 0 unspecified atom stereocenters. The van der Waals surface area contributed by atoms with Crippen molar-refractivity contribution in [1.29, 1.82) is 0 Å². The van der Waals surface area contributed by atoms with Crippen molar-refractivity contribution in [1.82, 2.24) is 14.1 Å². The molecule has 2 aromatic rings. The standard InChI is InChI=1S/C19H23N3O5S/c1-14-5-6-15(13-17(14)28(25,26)21-10-3-4-11-21)16-7-8-18(23)22(20-16)12-9-19(24)27-2/h5-8,13H,3-4,9-12H2,1-2H3. The predicted octanol–water partition coefficient (Wildman–Crippen LogP) is 1.57. The van der Waals surface area contributed by atoms with E-state index in [1.54, 1.807) is 31.2 Å². The molecule has 0 atom stereocenters. The topological polar surface area (TPSA) is 98.6 Å². The summed E-state index contributed by atoms with van der Waals surface area (Å²) in [6, 6.07) is 8.02. The maximum atomic E-state index is 13.0. The van der Waals surface area contributed by atoms with Crippen LogP contribution < -0.4 is 5.56 Å². The first kappa shape index (κ1) is 20.2. The number of sulfonamides is 1. The van der Waals surface area contributed by atoms with Gasteiger partial charge >= 0.3 is 5.97 Å². The molecule has 2 heterocycles. The van der Waals surface area contributed by atoms with E-state index in [-0.39, 0.29) is 23.4 Å². The fraction of sp³-hybridized carbons (Fsp3) is 0.421. The van der Waals surface area contributed by atoms with Gasteiger partial charge in [0.05, 0.1) is 30.7 Å². The molecular formula is C19H23N3O5S. The van der Waals surface area contributed by atoms with Gasteiger partial charge in [-0.1, -0.05) is 12.1 Å². The van der Waals surface area contributed by atoms with Crippen molar-refractivity contribution >= 4 is 16.0 Å². The van der Waals surface area contributed by atoms with Crippen LogP contribution in [0.3, 0.4) is 0 Å². The number of aryl methyl sites for hydroxylation is 2. The van der Waals surface area contributed by atoms with Gasteiger partial charge in [-0.2, -0.15) is 9.40 Å². The molecule has 0 spiro atoms. The average Bonchev–Trinajstić information content (AvgIpc) is 3.23. The van der Waals surface area contributed by atoms with Crippen molar-refractivity contribution in [2.75, 3.05) is 20.2 Å². The average molecular weight is 405 g/mol. The van der Waals surface area contributed by atoms with Gasteiger partial charge in [0, 0.05) is 24.7 Å². The van der Waals surface area contributed by atoms with Gasteiger partial charge in [0.25, 0.3) is 5.56 Å². The Hall–Kier alpha value is -2.52. The van der Waals surface area contributed by atoms with Gasteiger partial charge in [-0.05, 0) is 37.5 Å². The van der Waals surface area contributed by atoms with Crippen LogP contribution in [0.2, 0.25) is 0 Å². The van der Waals surface area contributed by atoms with Crippen molar-refractivity contribution < 1.29 is 17.9 Å². The van der Waals surface area contributed by atoms with Crippen LogP contribution in [0.25, 0.3) is 11.3 Å². The number of esters is 1. The molecule has 0 saturated carbocycles. The van der Waals surface area contributed by atoms with Crippen molar-refractivity contribution in [3.8, 4) is 11.3 Å². The number of hydrogen-bond donors (Lipinski definition) is 0. The van der Waals surface area contributed by atoms with Crippen LogP contribution in [0.4, 0.5) is 0 Å². The summed E-state index contributed by atoms with van der Waals surface area (Å²) in [4.78, 5) is 23.6.